The Kier molecular flexibility index (Phi) is 8.61. The maximum atomic E-state index is 10.8. The molecule has 0 bridgehead atoms. The number of rotatable bonds is 7. The highest BCUT2D eigenvalue weighted by Crippen LogP contribution is 1.85. The van der Waals surface area contributed by atoms with Gasteiger partial charge in [0.25, 0.3) is 0 Å². The number of halogens is 1. The van der Waals surface area contributed by atoms with Crippen molar-refractivity contribution in [2.45, 2.75) is 19.8 Å². The van der Waals surface area contributed by atoms with Gasteiger partial charge in [-0.2, -0.15) is 0 Å². The third kappa shape index (κ3) is 7.82. The number of ether oxygens (including phenoxy) is 1. The Balaban J connectivity index is 3.03. The molecule has 0 aromatic carbocycles. The van der Waals surface area contributed by atoms with E-state index in [-0.39, 0.29) is 5.97 Å². The van der Waals surface area contributed by atoms with Crippen molar-refractivity contribution in [2.24, 2.45) is 0 Å². The lowest BCUT2D eigenvalue weighted by molar-refractivity contribution is -0.142. The van der Waals surface area contributed by atoms with E-state index in [9.17, 15) is 4.79 Å². The van der Waals surface area contributed by atoms with Crippen molar-refractivity contribution in [3.05, 3.63) is 0 Å². The zero-order valence-electron chi connectivity index (χ0n) is 7.44. The van der Waals surface area contributed by atoms with Crippen LogP contribution in [0.25, 0.3) is 0 Å². The van der Waals surface area contributed by atoms with Crippen LogP contribution in [0.4, 0.5) is 0 Å². The van der Waals surface area contributed by atoms with Gasteiger partial charge in [0, 0.05) is 12.4 Å². The summed E-state index contributed by atoms with van der Waals surface area (Å²) < 4.78 is 4.74. The standard InChI is InChI=1S/C8H16ClNO2/c1-2-12-8(11)4-7-10-6-3-5-9/h10H,2-7H2,1H3. The number of hydrogen-bond acceptors (Lipinski definition) is 3. The van der Waals surface area contributed by atoms with Gasteiger partial charge in [0.1, 0.15) is 0 Å². The van der Waals surface area contributed by atoms with Crippen LogP contribution in [0, 0.1) is 0 Å². The summed E-state index contributed by atoms with van der Waals surface area (Å²) in [5, 5.41) is 3.09. The van der Waals surface area contributed by atoms with Crippen LogP contribution in [-0.4, -0.2) is 31.5 Å². The number of nitrogens with one attached hydrogen (secondary N) is 1. The van der Waals surface area contributed by atoms with E-state index in [2.05, 4.69) is 5.32 Å². The Morgan fingerprint density at radius 1 is 1.50 bits per heavy atom. The van der Waals surface area contributed by atoms with Gasteiger partial charge in [-0.25, -0.2) is 0 Å². The summed E-state index contributed by atoms with van der Waals surface area (Å²) in [6.07, 6.45) is 1.38. The second-order valence-electron chi connectivity index (χ2n) is 2.35. The first-order chi connectivity index (χ1) is 5.81. The zero-order valence-corrected chi connectivity index (χ0v) is 8.19. The topological polar surface area (TPSA) is 38.3 Å². The zero-order chi connectivity index (χ0) is 9.23. The summed E-state index contributed by atoms with van der Waals surface area (Å²) in [5.41, 5.74) is 0. The molecule has 0 atom stereocenters. The van der Waals surface area contributed by atoms with Crippen molar-refractivity contribution in [1.82, 2.24) is 5.32 Å². The second-order valence-corrected chi connectivity index (χ2v) is 2.73. The number of carbonyl (C=O) groups is 1. The van der Waals surface area contributed by atoms with Gasteiger partial charge in [-0.1, -0.05) is 0 Å². The summed E-state index contributed by atoms with van der Waals surface area (Å²) in [5.74, 6) is 0.516. The molecule has 0 aromatic rings. The summed E-state index contributed by atoms with van der Waals surface area (Å²) in [6.45, 7) is 3.80. The molecule has 0 aromatic heterocycles. The summed E-state index contributed by atoms with van der Waals surface area (Å²) in [6, 6.07) is 0. The lowest BCUT2D eigenvalue weighted by Gasteiger charge is -2.02. The van der Waals surface area contributed by atoms with Crippen molar-refractivity contribution in [3.8, 4) is 0 Å². The Hall–Kier alpha value is -0.280. The fourth-order valence-corrected chi connectivity index (χ4v) is 0.874. The monoisotopic (exact) mass is 193 g/mol. The molecule has 0 amide bonds. The van der Waals surface area contributed by atoms with E-state index in [0.717, 1.165) is 13.0 Å². The van der Waals surface area contributed by atoms with Crippen LogP contribution in [0.1, 0.15) is 19.8 Å². The molecule has 0 aliphatic carbocycles. The lowest BCUT2D eigenvalue weighted by atomic mass is 10.4. The molecule has 0 saturated heterocycles. The highest BCUT2D eigenvalue weighted by atomic mass is 35.5. The van der Waals surface area contributed by atoms with E-state index in [4.69, 9.17) is 16.3 Å². The smallest absolute Gasteiger partial charge is 0.307 e. The van der Waals surface area contributed by atoms with Crippen LogP contribution in [0.2, 0.25) is 0 Å². The van der Waals surface area contributed by atoms with Gasteiger partial charge in [-0.3, -0.25) is 4.79 Å². The van der Waals surface area contributed by atoms with E-state index >= 15 is 0 Å². The molecule has 1 N–H and O–H groups in total. The number of alkyl halides is 1. The Bertz CT molecular complexity index is 120. The summed E-state index contributed by atoms with van der Waals surface area (Å²) in [7, 11) is 0. The Morgan fingerprint density at radius 3 is 2.83 bits per heavy atom. The molecule has 0 unspecified atom stereocenters. The highest BCUT2D eigenvalue weighted by Gasteiger charge is 1.98. The average Bonchev–Trinajstić information content (AvgIpc) is 2.05. The first-order valence-electron chi connectivity index (χ1n) is 4.23. The van der Waals surface area contributed by atoms with Gasteiger partial charge >= 0.3 is 5.97 Å². The van der Waals surface area contributed by atoms with E-state index in [1.165, 1.54) is 0 Å². The van der Waals surface area contributed by atoms with E-state index in [1.54, 1.807) is 6.92 Å². The van der Waals surface area contributed by atoms with Crippen LogP contribution in [-0.2, 0) is 9.53 Å². The molecule has 12 heavy (non-hydrogen) atoms. The van der Waals surface area contributed by atoms with Crippen LogP contribution in [0.15, 0.2) is 0 Å². The van der Waals surface area contributed by atoms with Gasteiger partial charge in [0.2, 0.25) is 0 Å². The van der Waals surface area contributed by atoms with Crippen molar-refractivity contribution >= 4 is 17.6 Å². The van der Waals surface area contributed by atoms with E-state index in [0.29, 0.717) is 25.5 Å². The van der Waals surface area contributed by atoms with Gasteiger partial charge in [0.05, 0.1) is 13.0 Å². The van der Waals surface area contributed by atoms with Gasteiger partial charge in [-0.15, -0.1) is 11.6 Å². The molecule has 0 radical (unpaired) electrons. The maximum absolute atomic E-state index is 10.8. The van der Waals surface area contributed by atoms with Gasteiger partial charge in [-0.05, 0) is 19.9 Å². The molecule has 72 valence electrons. The maximum Gasteiger partial charge on any atom is 0.307 e. The van der Waals surface area contributed by atoms with Crippen molar-refractivity contribution in [3.63, 3.8) is 0 Å². The molecular formula is C8H16ClNO2. The molecule has 0 rings (SSSR count). The summed E-state index contributed by atoms with van der Waals surface area (Å²) >= 11 is 5.46. The van der Waals surface area contributed by atoms with Gasteiger partial charge in [0.15, 0.2) is 0 Å². The largest absolute Gasteiger partial charge is 0.466 e. The third-order valence-corrected chi connectivity index (χ3v) is 1.57. The molecule has 0 fully saturated rings. The van der Waals surface area contributed by atoms with Crippen LogP contribution in [0.3, 0.4) is 0 Å². The van der Waals surface area contributed by atoms with E-state index in [1.807, 2.05) is 0 Å². The molecule has 0 aliphatic rings. The predicted molar refractivity (Wildman–Crippen MR) is 49.5 cm³/mol. The fourth-order valence-electron chi connectivity index (χ4n) is 0.740. The third-order valence-electron chi connectivity index (χ3n) is 1.30. The normalized spacial score (nSPS) is 9.83. The molecule has 4 heteroatoms. The molecule has 3 nitrogen and oxygen atoms in total. The Labute approximate surface area is 78.4 Å². The SMILES string of the molecule is CCOC(=O)CCNCCCCl. The average molecular weight is 194 g/mol. The minimum atomic E-state index is -0.143. The predicted octanol–water partition coefficient (Wildman–Crippen LogP) is 1.16. The fraction of sp³-hybridized carbons (Fsp3) is 0.875. The minimum Gasteiger partial charge on any atom is -0.466 e. The second kappa shape index (κ2) is 8.81. The molecule has 0 heterocycles. The van der Waals surface area contributed by atoms with Crippen LogP contribution < -0.4 is 5.32 Å². The summed E-state index contributed by atoms with van der Waals surface area (Å²) in [4.78, 5) is 10.8. The molecular weight excluding hydrogens is 178 g/mol. The van der Waals surface area contributed by atoms with Crippen molar-refractivity contribution in [2.75, 3.05) is 25.6 Å². The van der Waals surface area contributed by atoms with Crippen LogP contribution in [0.5, 0.6) is 0 Å². The molecule has 0 saturated carbocycles. The quantitative estimate of drug-likeness (QED) is 0.375. The number of esters is 1. The van der Waals surface area contributed by atoms with Gasteiger partial charge < -0.3 is 10.1 Å². The lowest BCUT2D eigenvalue weighted by Crippen LogP contribution is -2.20. The van der Waals surface area contributed by atoms with Crippen molar-refractivity contribution in [1.29, 1.82) is 0 Å². The molecule has 0 aliphatic heterocycles. The molecule has 0 spiro atoms. The number of hydrogen-bond donors (Lipinski definition) is 1. The van der Waals surface area contributed by atoms with E-state index < -0.39 is 0 Å². The highest BCUT2D eigenvalue weighted by molar-refractivity contribution is 6.17. The first-order valence-corrected chi connectivity index (χ1v) is 4.77. The minimum absolute atomic E-state index is 0.143. The Morgan fingerprint density at radius 2 is 2.25 bits per heavy atom. The first kappa shape index (κ1) is 11.7. The number of carbonyl (C=O) groups excluding carboxylic acids is 1. The van der Waals surface area contributed by atoms with Crippen molar-refractivity contribution < 1.29 is 9.53 Å². The van der Waals surface area contributed by atoms with Crippen LogP contribution >= 0.6 is 11.6 Å².